The standard InChI is InChI=1S/C21H23N3O3/c1-14-7-2-3-9-16(14)23-19(25)13-24-17-10-4-5-11-18(17)27-20-15(21(24)26)8-6-12-22-20/h4-6,8,10-12,14,16H,2-3,7,9,13H2,1H3,(H,23,25)/t14-,16-/m1/s1. The van der Waals surface area contributed by atoms with Crippen molar-refractivity contribution in [1.29, 1.82) is 0 Å². The van der Waals surface area contributed by atoms with E-state index in [-0.39, 0.29) is 30.3 Å². The molecule has 4 rings (SSSR count). The smallest absolute Gasteiger partial charge is 0.264 e. The van der Waals surface area contributed by atoms with Crippen LogP contribution in [0.2, 0.25) is 0 Å². The molecule has 6 nitrogen and oxygen atoms in total. The van der Waals surface area contributed by atoms with Gasteiger partial charge in [0.05, 0.1) is 5.69 Å². The molecule has 2 amide bonds. The van der Waals surface area contributed by atoms with Gasteiger partial charge in [0.1, 0.15) is 12.1 Å². The number of nitrogens with zero attached hydrogens (tertiary/aromatic N) is 2. The Hall–Kier alpha value is -2.89. The van der Waals surface area contributed by atoms with Crippen LogP contribution in [-0.4, -0.2) is 29.4 Å². The lowest BCUT2D eigenvalue weighted by atomic mass is 9.86. The molecule has 1 saturated carbocycles. The van der Waals surface area contributed by atoms with Gasteiger partial charge in [0.2, 0.25) is 11.8 Å². The van der Waals surface area contributed by atoms with Crippen molar-refractivity contribution in [3.05, 3.63) is 48.2 Å². The molecule has 27 heavy (non-hydrogen) atoms. The van der Waals surface area contributed by atoms with Gasteiger partial charge >= 0.3 is 0 Å². The minimum absolute atomic E-state index is 0.0449. The minimum Gasteiger partial charge on any atom is -0.436 e. The first-order valence-electron chi connectivity index (χ1n) is 9.46. The molecule has 6 heteroatoms. The highest BCUT2D eigenvalue weighted by molar-refractivity contribution is 6.11. The predicted octanol–water partition coefficient (Wildman–Crippen LogP) is 3.53. The molecule has 0 spiro atoms. The SMILES string of the molecule is C[C@@H]1CCCC[C@H]1NC(=O)CN1C(=O)c2cccnc2Oc2ccccc21. The second kappa shape index (κ2) is 7.39. The molecule has 1 aliphatic heterocycles. The maximum atomic E-state index is 13.1. The zero-order valence-corrected chi connectivity index (χ0v) is 15.4. The molecule has 2 aromatic rings. The van der Waals surface area contributed by atoms with Gasteiger partial charge in [0, 0.05) is 12.2 Å². The van der Waals surface area contributed by atoms with Crippen LogP contribution in [0.5, 0.6) is 11.6 Å². The molecule has 140 valence electrons. The van der Waals surface area contributed by atoms with Gasteiger partial charge in [-0.3, -0.25) is 14.5 Å². The predicted molar refractivity (Wildman–Crippen MR) is 102 cm³/mol. The van der Waals surface area contributed by atoms with E-state index in [4.69, 9.17) is 4.74 Å². The zero-order chi connectivity index (χ0) is 18.8. The second-order valence-electron chi connectivity index (χ2n) is 7.25. The van der Waals surface area contributed by atoms with Crippen molar-refractivity contribution >= 4 is 17.5 Å². The van der Waals surface area contributed by atoms with E-state index in [1.165, 1.54) is 11.3 Å². The molecule has 0 saturated heterocycles. The number of hydrogen-bond acceptors (Lipinski definition) is 4. The van der Waals surface area contributed by atoms with Crippen LogP contribution in [-0.2, 0) is 4.79 Å². The number of pyridine rings is 1. The highest BCUT2D eigenvalue weighted by Crippen LogP contribution is 2.37. The Labute approximate surface area is 158 Å². The zero-order valence-electron chi connectivity index (χ0n) is 15.4. The van der Waals surface area contributed by atoms with Gasteiger partial charge in [-0.1, -0.05) is 31.9 Å². The van der Waals surface area contributed by atoms with E-state index in [1.807, 2.05) is 12.1 Å². The molecule has 1 aliphatic carbocycles. The van der Waals surface area contributed by atoms with Crippen LogP contribution in [0.25, 0.3) is 0 Å². The number of para-hydroxylation sites is 2. The summed E-state index contributed by atoms with van der Waals surface area (Å²) in [5.74, 6) is 0.808. The van der Waals surface area contributed by atoms with Crippen LogP contribution < -0.4 is 15.0 Å². The molecule has 1 N–H and O–H groups in total. The van der Waals surface area contributed by atoms with Crippen LogP contribution in [0.1, 0.15) is 43.0 Å². The van der Waals surface area contributed by atoms with Gasteiger partial charge in [-0.25, -0.2) is 4.98 Å². The lowest BCUT2D eigenvalue weighted by Gasteiger charge is -2.30. The molecule has 0 bridgehead atoms. The van der Waals surface area contributed by atoms with E-state index in [2.05, 4.69) is 17.2 Å². The van der Waals surface area contributed by atoms with Crippen molar-refractivity contribution in [3.63, 3.8) is 0 Å². The summed E-state index contributed by atoms with van der Waals surface area (Å²) in [5.41, 5.74) is 0.930. The average molecular weight is 365 g/mol. The van der Waals surface area contributed by atoms with E-state index < -0.39 is 0 Å². The molecule has 1 aromatic carbocycles. The third kappa shape index (κ3) is 3.52. The highest BCUT2D eigenvalue weighted by atomic mass is 16.5. The van der Waals surface area contributed by atoms with Crippen molar-refractivity contribution in [3.8, 4) is 11.6 Å². The largest absolute Gasteiger partial charge is 0.436 e. The van der Waals surface area contributed by atoms with Crippen LogP contribution in [0, 0.1) is 5.92 Å². The number of amides is 2. The molecule has 0 radical (unpaired) electrons. The molecule has 2 heterocycles. The topological polar surface area (TPSA) is 71.5 Å². The van der Waals surface area contributed by atoms with Crippen molar-refractivity contribution in [2.75, 3.05) is 11.4 Å². The fraction of sp³-hybridized carbons (Fsp3) is 0.381. The fourth-order valence-electron chi connectivity index (χ4n) is 3.84. The highest BCUT2D eigenvalue weighted by Gasteiger charge is 2.31. The molecular weight excluding hydrogens is 342 g/mol. The molecule has 1 fully saturated rings. The number of aromatic nitrogens is 1. The number of carbonyl (C=O) groups excluding carboxylic acids is 2. The quantitative estimate of drug-likeness (QED) is 0.903. The minimum atomic E-state index is -0.283. The number of ether oxygens (including phenoxy) is 1. The van der Waals surface area contributed by atoms with Crippen LogP contribution >= 0.6 is 0 Å². The van der Waals surface area contributed by atoms with Crippen LogP contribution in [0.3, 0.4) is 0 Å². The van der Waals surface area contributed by atoms with Gasteiger partial charge in [-0.2, -0.15) is 0 Å². The molecule has 2 aliphatic rings. The number of benzene rings is 1. The van der Waals surface area contributed by atoms with Crippen LogP contribution in [0.15, 0.2) is 42.6 Å². The monoisotopic (exact) mass is 365 g/mol. The Morgan fingerprint density at radius 2 is 2.04 bits per heavy atom. The molecule has 1 aromatic heterocycles. The first kappa shape index (κ1) is 17.5. The Bertz CT molecular complexity index is 867. The summed E-state index contributed by atoms with van der Waals surface area (Å²) in [7, 11) is 0. The summed E-state index contributed by atoms with van der Waals surface area (Å²) < 4.78 is 5.85. The second-order valence-corrected chi connectivity index (χ2v) is 7.25. The lowest BCUT2D eigenvalue weighted by molar-refractivity contribution is -0.121. The van der Waals surface area contributed by atoms with Gasteiger partial charge in [-0.15, -0.1) is 0 Å². The van der Waals surface area contributed by atoms with E-state index in [1.54, 1.807) is 30.5 Å². The van der Waals surface area contributed by atoms with Crippen molar-refractivity contribution in [1.82, 2.24) is 10.3 Å². The maximum Gasteiger partial charge on any atom is 0.264 e. The third-order valence-corrected chi connectivity index (χ3v) is 5.37. The number of rotatable bonds is 3. The number of anilines is 1. The normalized spacial score (nSPS) is 21.5. The Balaban J connectivity index is 1.60. The van der Waals surface area contributed by atoms with Crippen molar-refractivity contribution < 1.29 is 14.3 Å². The lowest BCUT2D eigenvalue weighted by Crippen LogP contribution is -2.47. The average Bonchev–Trinajstić information content (AvgIpc) is 2.79. The first-order valence-corrected chi connectivity index (χ1v) is 9.46. The third-order valence-electron chi connectivity index (χ3n) is 5.37. The van der Waals surface area contributed by atoms with Crippen LogP contribution in [0.4, 0.5) is 5.69 Å². The molecular formula is C21H23N3O3. The number of nitrogens with one attached hydrogen (secondary N) is 1. The molecule has 2 atom stereocenters. The summed E-state index contributed by atoms with van der Waals surface area (Å²) in [6, 6.07) is 10.8. The first-order chi connectivity index (χ1) is 13.1. The summed E-state index contributed by atoms with van der Waals surface area (Å²) >= 11 is 0. The van der Waals surface area contributed by atoms with Gasteiger partial charge in [0.25, 0.3) is 5.91 Å². The van der Waals surface area contributed by atoms with Gasteiger partial charge < -0.3 is 10.1 Å². The number of fused-ring (bicyclic) bond motifs is 2. The van der Waals surface area contributed by atoms with Crippen molar-refractivity contribution in [2.45, 2.75) is 38.6 Å². The number of hydrogen-bond donors (Lipinski definition) is 1. The molecule has 0 unspecified atom stereocenters. The fourth-order valence-corrected chi connectivity index (χ4v) is 3.84. The van der Waals surface area contributed by atoms with E-state index in [9.17, 15) is 9.59 Å². The van der Waals surface area contributed by atoms with Gasteiger partial charge in [-0.05, 0) is 43.0 Å². The van der Waals surface area contributed by atoms with E-state index in [0.717, 1.165) is 19.3 Å². The summed E-state index contributed by atoms with van der Waals surface area (Å²) in [4.78, 5) is 31.5. The summed E-state index contributed by atoms with van der Waals surface area (Å²) in [5, 5.41) is 3.12. The van der Waals surface area contributed by atoms with E-state index in [0.29, 0.717) is 22.9 Å². The van der Waals surface area contributed by atoms with Crippen molar-refractivity contribution in [2.24, 2.45) is 5.92 Å². The Morgan fingerprint density at radius 3 is 2.89 bits per heavy atom. The maximum absolute atomic E-state index is 13.1. The van der Waals surface area contributed by atoms with E-state index >= 15 is 0 Å². The Morgan fingerprint density at radius 1 is 1.22 bits per heavy atom. The van der Waals surface area contributed by atoms with Gasteiger partial charge in [0.15, 0.2) is 5.75 Å². The summed E-state index contributed by atoms with van der Waals surface area (Å²) in [6.45, 7) is 2.13. The number of carbonyl (C=O) groups is 2. The summed E-state index contributed by atoms with van der Waals surface area (Å²) in [6.07, 6.45) is 6.05. The Kier molecular flexibility index (Phi) is 4.79.